The average Bonchev–Trinajstić information content (AvgIpc) is 3.27. The molecule has 0 bridgehead atoms. The number of nitrogens with one attached hydrogen (secondary N) is 1. The zero-order valence-electron chi connectivity index (χ0n) is 33.5. The highest BCUT2D eigenvalue weighted by Crippen LogP contribution is 2.47. The number of aromatic hydroxyl groups is 2. The Bertz CT molecular complexity index is 1620. The van der Waals surface area contributed by atoms with Gasteiger partial charge in [0.05, 0.1) is 31.5 Å². The Hall–Kier alpha value is -2.58. The summed E-state index contributed by atoms with van der Waals surface area (Å²) in [6.07, 6.45) is 3.53. The highest BCUT2D eigenvalue weighted by molar-refractivity contribution is 8.76. The molecule has 2 heterocycles. The number of hydrogen-bond acceptors (Lipinski definition) is 14. The predicted octanol–water partition coefficient (Wildman–Crippen LogP) is 5.31. The summed E-state index contributed by atoms with van der Waals surface area (Å²) in [6.45, 7) is 5.07. The van der Waals surface area contributed by atoms with Crippen LogP contribution in [0.5, 0.6) is 28.7 Å². The van der Waals surface area contributed by atoms with Crippen LogP contribution in [0.3, 0.4) is 0 Å². The van der Waals surface area contributed by atoms with Crippen molar-refractivity contribution in [2.45, 2.75) is 108 Å². The summed E-state index contributed by atoms with van der Waals surface area (Å²) >= 11 is 0. The summed E-state index contributed by atoms with van der Waals surface area (Å²) in [7, 11) is 4.31. The lowest BCUT2D eigenvalue weighted by Crippen LogP contribution is -2.40. The highest BCUT2D eigenvalue weighted by atomic mass is 33.1. The van der Waals surface area contributed by atoms with Gasteiger partial charge in [-0.15, -0.1) is 5.92 Å². The van der Waals surface area contributed by atoms with Gasteiger partial charge in [0.25, 0.3) is 0 Å². The number of aryl methyl sites for hydroxylation is 1. The number of aliphatic hydroxyl groups is 5. The zero-order valence-corrected chi connectivity index (χ0v) is 35.1. The minimum atomic E-state index is -1.05. The van der Waals surface area contributed by atoms with Crippen molar-refractivity contribution in [3.05, 3.63) is 41.0 Å². The van der Waals surface area contributed by atoms with Crippen LogP contribution in [-0.2, 0) is 17.6 Å². The van der Waals surface area contributed by atoms with Crippen molar-refractivity contribution in [2.75, 3.05) is 46.1 Å². The van der Waals surface area contributed by atoms with E-state index in [-0.39, 0.29) is 59.6 Å². The van der Waals surface area contributed by atoms with E-state index in [2.05, 4.69) is 31.0 Å². The maximum atomic E-state index is 11.7. The SMILES string of the molecule is COc1cc(C[C@H]2[C@H](O)C[C@@H](OCO)CCc3cc(O[C@H]4CC[C@H]5CNCCC#C[C@H](CC(C)C)[C@H]5C4)c(O)cc3[C@H](CCO)SSC[C@@H]2O)cc(OCO)c1O. The van der Waals surface area contributed by atoms with Gasteiger partial charge in [0, 0.05) is 42.4 Å². The zero-order chi connectivity index (χ0) is 40.9. The van der Waals surface area contributed by atoms with Crippen molar-refractivity contribution in [2.24, 2.45) is 29.6 Å². The third-order valence-electron chi connectivity index (χ3n) is 11.6. The molecule has 0 amide bonds. The summed E-state index contributed by atoms with van der Waals surface area (Å²) in [4.78, 5) is 0. The van der Waals surface area contributed by atoms with Crippen LogP contribution >= 0.6 is 21.6 Å². The van der Waals surface area contributed by atoms with Crippen molar-refractivity contribution in [3.63, 3.8) is 0 Å². The molecule has 0 unspecified atom stereocenters. The van der Waals surface area contributed by atoms with Crippen molar-refractivity contribution >= 4 is 21.6 Å². The number of benzene rings is 2. The first-order valence-corrected chi connectivity index (χ1v) is 22.8. The molecule has 12 nitrogen and oxygen atoms in total. The molecule has 1 saturated carbocycles. The first kappa shape index (κ1) is 45.5. The second-order valence-electron chi connectivity index (χ2n) is 16.0. The van der Waals surface area contributed by atoms with E-state index < -0.39 is 37.8 Å². The average molecular weight is 834 g/mol. The molecule has 14 heteroatoms. The van der Waals surface area contributed by atoms with E-state index in [1.807, 2.05) is 6.07 Å². The molecule has 3 aliphatic rings. The van der Waals surface area contributed by atoms with E-state index >= 15 is 0 Å². The number of phenols is 2. The summed E-state index contributed by atoms with van der Waals surface area (Å²) in [5, 5.41) is 78.1. The fourth-order valence-corrected chi connectivity index (χ4v) is 11.6. The number of rotatable bonds is 13. The quantitative estimate of drug-likeness (QED) is 0.0736. The molecule has 318 valence electrons. The number of phenolic OH excluding ortho intramolecular Hbond substituents is 2. The Morgan fingerprint density at radius 3 is 2.47 bits per heavy atom. The molecular weight excluding hydrogens is 771 g/mol. The van der Waals surface area contributed by atoms with E-state index in [0.717, 1.165) is 56.3 Å². The Morgan fingerprint density at radius 1 is 0.930 bits per heavy atom. The van der Waals surface area contributed by atoms with E-state index in [9.17, 15) is 35.7 Å². The number of aliphatic hydroxyl groups excluding tert-OH is 5. The Kier molecular flexibility index (Phi) is 18.1. The maximum Gasteiger partial charge on any atom is 0.200 e. The van der Waals surface area contributed by atoms with Gasteiger partial charge in [0.2, 0.25) is 5.75 Å². The van der Waals surface area contributed by atoms with E-state index in [1.165, 1.54) is 28.7 Å². The third kappa shape index (κ3) is 12.7. The molecule has 2 aromatic rings. The molecule has 2 aromatic carbocycles. The lowest BCUT2D eigenvalue weighted by molar-refractivity contribution is -0.0808. The topological polar surface area (TPSA) is 191 Å². The molecule has 1 aliphatic carbocycles. The van der Waals surface area contributed by atoms with Gasteiger partial charge < -0.3 is 60.0 Å². The van der Waals surface area contributed by atoms with Crippen LogP contribution in [0.1, 0.15) is 87.2 Å². The van der Waals surface area contributed by atoms with E-state index in [1.54, 1.807) is 18.2 Å². The second-order valence-corrected chi connectivity index (χ2v) is 18.6. The summed E-state index contributed by atoms with van der Waals surface area (Å²) in [5.41, 5.74) is 2.37. The Labute approximate surface area is 345 Å². The number of methoxy groups -OCH3 is 1. The van der Waals surface area contributed by atoms with E-state index in [4.69, 9.17) is 18.9 Å². The summed E-state index contributed by atoms with van der Waals surface area (Å²) in [6, 6.07) is 6.81. The Balaban J connectivity index is 1.40. The van der Waals surface area contributed by atoms with Crippen molar-refractivity contribution < 1.29 is 54.7 Å². The second kappa shape index (κ2) is 22.7. The lowest BCUT2D eigenvalue weighted by Gasteiger charge is -2.39. The monoisotopic (exact) mass is 833 g/mol. The van der Waals surface area contributed by atoms with Crippen LogP contribution in [0.15, 0.2) is 24.3 Å². The molecule has 0 spiro atoms. The molecule has 2 aliphatic heterocycles. The first-order chi connectivity index (χ1) is 27.5. The smallest absolute Gasteiger partial charge is 0.200 e. The molecule has 0 saturated heterocycles. The molecule has 0 aromatic heterocycles. The first-order valence-electron chi connectivity index (χ1n) is 20.4. The van der Waals surface area contributed by atoms with Gasteiger partial charge in [-0.2, -0.15) is 0 Å². The normalized spacial score (nSPS) is 28.8. The molecule has 5 rings (SSSR count). The fourth-order valence-electron chi connectivity index (χ4n) is 8.70. The minimum Gasteiger partial charge on any atom is -0.504 e. The highest BCUT2D eigenvalue weighted by Gasteiger charge is 2.37. The molecule has 8 N–H and O–H groups in total. The van der Waals surface area contributed by atoms with Crippen LogP contribution in [0, 0.1) is 41.4 Å². The van der Waals surface area contributed by atoms with Crippen LogP contribution in [-0.4, -0.2) is 106 Å². The fraction of sp³-hybridized carbons (Fsp3) is 0.674. The lowest BCUT2D eigenvalue weighted by atomic mass is 9.69. The number of fused-ring (bicyclic) bond motifs is 2. The van der Waals surface area contributed by atoms with Crippen LogP contribution < -0.4 is 19.5 Å². The Morgan fingerprint density at radius 2 is 1.74 bits per heavy atom. The molecular formula is C43H63NO11S2. The van der Waals surface area contributed by atoms with Crippen molar-refractivity contribution in [1.29, 1.82) is 0 Å². The van der Waals surface area contributed by atoms with Crippen LogP contribution in [0.2, 0.25) is 0 Å². The van der Waals surface area contributed by atoms with Gasteiger partial charge in [0.15, 0.2) is 29.8 Å². The van der Waals surface area contributed by atoms with Gasteiger partial charge in [-0.25, -0.2) is 0 Å². The third-order valence-corrected chi connectivity index (χ3v) is 14.4. The molecule has 57 heavy (non-hydrogen) atoms. The van der Waals surface area contributed by atoms with Crippen LogP contribution in [0.4, 0.5) is 0 Å². The van der Waals surface area contributed by atoms with Gasteiger partial charge in [-0.05, 0) is 123 Å². The van der Waals surface area contributed by atoms with Gasteiger partial charge >= 0.3 is 0 Å². The standard InChI is InChI=1S/C43H63NO11S2/c1-26(2)14-28-6-4-5-12-44-22-30-8-10-32(19-33(28)30)55-39-18-29-7-9-31(53-24-46)20-36(48)35(15-27-16-40(52-3)43(51)41(17-27)54-25-47)38(50)23-56-57-42(11-13-45)34(29)21-37(39)49/h16-18,21,26,28,30-33,35-36,38,42,44-51H,5,7-15,19-20,22-25H2,1-3H3/t28-,30+,31+,32+,33-,35+,36-,38+,42+/m1/s1. The van der Waals surface area contributed by atoms with Gasteiger partial charge in [-0.1, -0.05) is 41.4 Å². The predicted molar refractivity (Wildman–Crippen MR) is 223 cm³/mol. The minimum absolute atomic E-state index is 0.00738. The number of ether oxygens (including phenoxy) is 4. The summed E-state index contributed by atoms with van der Waals surface area (Å²) < 4.78 is 23.0. The summed E-state index contributed by atoms with van der Waals surface area (Å²) in [5.74, 6) is 8.62. The molecule has 1 fully saturated rings. The van der Waals surface area contributed by atoms with Crippen molar-refractivity contribution in [3.8, 4) is 40.6 Å². The van der Waals surface area contributed by atoms with E-state index in [0.29, 0.717) is 54.2 Å². The van der Waals surface area contributed by atoms with Gasteiger partial charge in [0.1, 0.15) is 6.79 Å². The largest absolute Gasteiger partial charge is 0.504 e. The molecule has 9 atom stereocenters. The molecule has 0 radical (unpaired) electrons. The van der Waals surface area contributed by atoms with Crippen LogP contribution in [0.25, 0.3) is 0 Å². The van der Waals surface area contributed by atoms with Crippen molar-refractivity contribution in [1.82, 2.24) is 5.32 Å². The van der Waals surface area contributed by atoms with Gasteiger partial charge in [-0.3, -0.25) is 0 Å². The number of hydrogen-bond donors (Lipinski definition) is 8. The maximum absolute atomic E-state index is 11.7.